The molecular formula is C13H25NO3. The lowest BCUT2D eigenvalue weighted by atomic mass is 9.77. The fourth-order valence-electron chi connectivity index (χ4n) is 2.07. The molecule has 1 N–H and O–H groups in total. The van der Waals surface area contributed by atoms with Crippen LogP contribution in [0.25, 0.3) is 0 Å². The second-order valence-corrected chi connectivity index (χ2v) is 6.41. The van der Waals surface area contributed by atoms with Crippen LogP contribution >= 0.6 is 0 Å². The molecule has 0 radical (unpaired) electrons. The first kappa shape index (κ1) is 14.3. The van der Waals surface area contributed by atoms with Crippen LogP contribution in [0.3, 0.4) is 0 Å². The highest BCUT2D eigenvalue weighted by molar-refractivity contribution is 5.68. The summed E-state index contributed by atoms with van der Waals surface area (Å²) in [6.07, 6.45) is -0.285. The lowest BCUT2D eigenvalue weighted by Crippen LogP contribution is -2.56. The van der Waals surface area contributed by atoms with Gasteiger partial charge in [-0.05, 0) is 27.7 Å². The molecule has 100 valence electrons. The van der Waals surface area contributed by atoms with Crippen molar-refractivity contribution in [2.24, 2.45) is 11.8 Å². The van der Waals surface area contributed by atoms with Crippen LogP contribution in [0.4, 0.5) is 4.79 Å². The predicted molar refractivity (Wildman–Crippen MR) is 66.8 cm³/mol. The molecule has 1 heterocycles. The molecule has 1 fully saturated rings. The van der Waals surface area contributed by atoms with Gasteiger partial charge in [0, 0.05) is 24.9 Å². The predicted octanol–water partition coefficient (Wildman–Crippen LogP) is 2.26. The Balaban J connectivity index is 2.68. The minimum Gasteiger partial charge on any atom is -0.444 e. The Kier molecular flexibility index (Phi) is 3.77. The first-order valence-corrected chi connectivity index (χ1v) is 6.24. The minimum absolute atomic E-state index is 0.0544. The van der Waals surface area contributed by atoms with Crippen LogP contribution in [0.5, 0.6) is 0 Å². The van der Waals surface area contributed by atoms with E-state index in [1.54, 1.807) is 4.90 Å². The van der Waals surface area contributed by atoms with E-state index < -0.39 is 11.2 Å². The van der Waals surface area contributed by atoms with E-state index in [1.807, 2.05) is 41.5 Å². The van der Waals surface area contributed by atoms with Crippen molar-refractivity contribution < 1.29 is 14.6 Å². The number of aliphatic hydroxyl groups is 1. The maximum atomic E-state index is 11.9. The molecule has 1 aliphatic heterocycles. The van der Waals surface area contributed by atoms with Crippen molar-refractivity contribution in [1.29, 1.82) is 0 Å². The number of likely N-dealkylation sites (tertiary alicyclic amines) is 1. The fourth-order valence-corrected chi connectivity index (χ4v) is 2.07. The highest BCUT2D eigenvalue weighted by Gasteiger charge is 2.42. The number of rotatable bonds is 0. The van der Waals surface area contributed by atoms with Gasteiger partial charge in [0.25, 0.3) is 0 Å². The van der Waals surface area contributed by atoms with Crippen molar-refractivity contribution in [2.45, 2.75) is 52.7 Å². The standard InChI is InChI=1S/C13H25NO3/c1-9-7-14(8-10(2)13(9,6)16)11(15)17-12(3,4)5/h9-10,16H,7-8H2,1-6H3/t9-,10+,13-. The van der Waals surface area contributed by atoms with E-state index in [0.29, 0.717) is 13.1 Å². The monoisotopic (exact) mass is 243 g/mol. The van der Waals surface area contributed by atoms with Gasteiger partial charge in [-0.15, -0.1) is 0 Å². The molecule has 1 rings (SSSR count). The number of carbonyl (C=O) groups is 1. The summed E-state index contributed by atoms with van der Waals surface area (Å²) < 4.78 is 5.35. The second kappa shape index (κ2) is 4.48. The second-order valence-electron chi connectivity index (χ2n) is 6.41. The average Bonchev–Trinajstić information content (AvgIpc) is 2.11. The number of hydrogen-bond acceptors (Lipinski definition) is 3. The molecular weight excluding hydrogens is 218 g/mol. The largest absolute Gasteiger partial charge is 0.444 e. The van der Waals surface area contributed by atoms with E-state index in [1.165, 1.54) is 0 Å². The number of hydrogen-bond donors (Lipinski definition) is 1. The zero-order valence-electron chi connectivity index (χ0n) is 11.8. The molecule has 4 heteroatoms. The van der Waals surface area contributed by atoms with Crippen molar-refractivity contribution in [2.75, 3.05) is 13.1 Å². The maximum absolute atomic E-state index is 11.9. The van der Waals surface area contributed by atoms with Crippen LogP contribution in [0.1, 0.15) is 41.5 Å². The molecule has 0 aromatic carbocycles. The van der Waals surface area contributed by atoms with Gasteiger partial charge >= 0.3 is 6.09 Å². The van der Waals surface area contributed by atoms with Crippen molar-refractivity contribution in [1.82, 2.24) is 4.90 Å². The first-order chi connectivity index (χ1) is 7.54. The Morgan fingerprint density at radius 1 is 1.29 bits per heavy atom. The molecule has 3 atom stereocenters. The third kappa shape index (κ3) is 3.35. The van der Waals surface area contributed by atoms with Gasteiger partial charge in [0.1, 0.15) is 5.60 Å². The van der Waals surface area contributed by atoms with Crippen LogP contribution in [0.15, 0.2) is 0 Å². The van der Waals surface area contributed by atoms with E-state index in [2.05, 4.69) is 0 Å². The first-order valence-electron chi connectivity index (χ1n) is 6.24. The summed E-state index contributed by atoms with van der Waals surface area (Å²) in [4.78, 5) is 13.6. The zero-order chi connectivity index (χ0) is 13.4. The number of piperidine rings is 1. The number of amides is 1. The minimum atomic E-state index is -0.710. The van der Waals surface area contributed by atoms with Crippen molar-refractivity contribution in [3.63, 3.8) is 0 Å². The van der Waals surface area contributed by atoms with Crippen LogP contribution in [0, 0.1) is 11.8 Å². The van der Waals surface area contributed by atoms with E-state index in [9.17, 15) is 9.90 Å². The highest BCUT2D eigenvalue weighted by atomic mass is 16.6. The van der Waals surface area contributed by atoms with Crippen LogP contribution in [-0.2, 0) is 4.74 Å². The molecule has 0 spiro atoms. The number of ether oxygens (including phenoxy) is 1. The Hall–Kier alpha value is -0.770. The SMILES string of the molecule is C[C@@H]1CN(C(=O)OC(C)(C)C)C[C@H](C)[C@]1(C)O. The molecule has 0 aromatic heterocycles. The lowest BCUT2D eigenvalue weighted by molar-refractivity contribution is -0.0918. The van der Waals surface area contributed by atoms with E-state index in [-0.39, 0.29) is 17.9 Å². The van der Waals surface area contributed by atoms with E-state index >= 15 is 0 Å². The lowest BCUT2D eigenvalue weighted by Gasteiger charge is -2.45. The van der Waals surface area contributed by atoms with Crippen molar-refractivity contribution in [3.05, 3.63) is 0 Å². The van der Waals surface area contributed by atoms with E-state index in [0.717, 1.165) is 0 Å². The molecule has 1 saturated heterocycles. The topological polar surface area (TPSA) is 49.8 Å². The average molecular weight is 243 g/mol. The maximum Gasteiger partial charge on any atom is 0.410 e. The Labute approximate surface area is 104 Å². The van der Waals surface area contributed by atoms with Crippen molar-refractivity contribution in [3.8, 4) is 0 Å². The summed E-state index contributed by atoms with van der Waals surface area (Å²) in [5, 5.41) is 10.3. The van der Waals surface area contributed by atoms with Gasteiger partial charge in [0.05, 0.1) is 5.60 Å². The van der Waals surface area contributed by atoms with Gasteiger partial charge in [0.15, 0.2) is 0 Å². The summed E-state index contributed by atoms with van der Waals surface area (Å²) in [6.45, 7) is 12.4. The van der Waals surface area contributed by atoms with Crippen LogP contribution in [0.2, 0.25) is 0 Å². The molecule has 4 nitrogen and oxygen atoms in total. The zero-order valence-corrected chi connectivity index (χ0v) is 11.8. The van der Waals surface area contributed by atoms with Gasteiger partial charge in [0.2, 0.25) is 0 Å². The molecule has 0 bridgehead atoms. The molecule has 1 amide bonds. The van der Waals surface area contributed by atoms with Crippen LogP contribution < -0.4 is 0 Å². The highest BCUT2D eigenvalue weighted by Crippen LogP contribution is 2.32. The van der Waals surface area contributed by atoms with Gasteiger partial charge in [-0.3, -0.25) is 0 Å². The Morgan fingerprint density at radius 2 is 1.71 bits per heavy atom. The van der Waals surface area contributed by atoms with Gasteiger partial charge in [-0.25, -0.2) is 4.79 Å². The summed E-state index contributed by atoms with van der Waals surface area (Å²) in [5.74, 6) is 0.109. The van der Waals surface area contributed by atoms with Gasteiger partial charge in [-0.1, -0.05) is 13.8 Å². The summed E-state index contributed by atoms with van der Waals surface area (Å²) in [6, 6.07) is 0. The van der Waals surface area contributed by atoms with Gasteiger partial charge < -0.3 is 14.7 Å². The van der Waals surface area contributed by atoms with Crippen molar-refractivity contribution >= 4 is 6.09 Å². The quantitative estimate of drug-likeness (QED) is 0.710. The summed E-state index contributed by atoms with van der Waals surface area (Å²) >= 11 is 0. The van der Waals surface area contributed by atoms with Gasteiger partial charge in [-0.2, -0.15) is 0 Å². The third-order valence-corrected chi connectivity index (χ3v) is 3.64. The Morgan fingerprint density at radius 3 is 2.06 bits per heavy atom. The van der Waals surface area contributed by atoms with E-state index in [4.69, 9.17) is 4.74 Å². The third-order valence-electron chi connectivity index (χ3n) is 3.64. The summed E-state index contributed by atoms with van der Waals surface area (Å²) in [5.41, 5.74) is -1.18. The molecule has 0 saturated carbocycles. The summed E-state index contributed by atoms with van der Waals surface area (Å²) in [7, 11) is 0. The smallest absolute Gasteiger partial charge is 0.410 e. The molecule has 0 aliphatic carbocycles. The normalized spacial score (nSPS) is 34.6. The molecule has 0 unspecified atom stereocenters. The number of nitrogens with zero attached hydrogens (tertiary/aromatic N) is 1. The van der Waals surface area contributed by atoms with Crippen LogP contribution in [-0.4, -0.2) is 40.4 Å². The Bertz CT molecular complexity index is 280. The molecule has 17 heavy (non-hydrogen) atoms. The molecule has 1 aliphatic rings. The molecule has 0 aromatic rings. The fraction of sp³-hybridized carbons (Fsp3) is 0.923. The number of carbonyl (C=O) groups excluding carboxylic acids is 1.